The van der Waals surface area contributed by atoms with E-state index in [1.807, 2.05) is 60.7 Å². The lowest BCUT2D eigenvalue weighted by molar-refractivity contribution is -0.0190. The molecule has 6 rings (SSSR count). The SMILES string of the molecule is Clc1ccc(C2Oc3ccccc3C3CC(c4ccc5c(c4)OCO5)=NN32)cc1. The molecule has 0 bridgehead atoms. The molecule has 0 fully saturated rings. The van der Waals surface area contributed by atoms with E-state index in [0.29, 0.717) is 5.02 Å². The molecule has 3 aromatic rings. The predicted octanol–water partition coefficient (Wildman–Crippen LogP) is 5.31. The van der Waals surface area contributed by atoms with Crippen molar-refractivity contribution in [3.63, 3.8) is 0 Å². The fourth-order valence-electron chi connectivity index (χ4n) is 4.13. The Morgan fingerprint density at radius 3 is 2.62 bits per heavy atom. The number of hydrogen-bond donors (Lipinski definition) is 0. The molecule has 3 heterocycles. The largest absolute Gasteiger partial charge is 0.464 e. The normalized spacial score (nSPS) is 21.3. The third kappa shape index (κ3) is 2.73. The van der Waals surface area contributed by atoms with Crippen molar-refractivity contribution in [1.29, 1.82) is 0 Å². The molecule has 0 saturated carbocycles. The van der Waals surface area contributed by atoms with E-state index in [1.54, 1.807) is 0 Å². The van der Waals surface area contributed by atoms with Crippen LogP contribution in [0.3, 0.4) is 0 Å². The topological polar surface area (TPSA) is 43.3 Å². The zero-order valence-corrected chi connectivity index (χ0v) is 16.2. The Labute approximate surface area is 173 Å². The maximum atomic E-state index is 6.36. The molecule has 0 radical (unpaired) electrons. The molecule has 0 aliphatic carbocycles. The fraction of sp³-hybridized carbons (Fsp3) is 0.174. The zero-order valence-electron chi connectivity index (χ0n) is 15.4. The highest BCUT2D eigenvalue weighted by Gasteiger charge is 2.41. The molecular weight excluding hydrogens is 388 g/mol. The maximum Gasteiger partial charge on any atom is 0.231 e. The van der Waals surface area contributed by atoms with Gasteiger partial charge in [-0.3, -0.25) is 0 Å². The van der Waals surface area contributed by atoms with Crippen molar-refractivity contribution in [3.8, 4) is 17.2 Å². The lowest BCUT2D eigenvalue weighted by Crippen LogP contribution is -2.33. The highest BCUT2D eigenvalue weighted by Crippen LogP contribution is 2.47. The number of para-hydroxylation sites is 1. The van der Waals surface area contributed by atoms with E-state index >= 15 is 0 Å². The van der Waals surface area contributed by atoms with Crippen LogP contribution in [-0.4, -0.2) is 17.5 Å². The lowest BCUT2D eigenvalue weighted by atomic mass is 9.96. The number of hydrogen-bond acceptors (Lipinski definition) is 5. The van der Waals surface area contributed by atoms with Gasteiger partial charge in [0.2, 0.25) is 13.0 Å². The number of fused-ring (bicyclic) bond motifs is 4. The molecule has 0 aromatic heterocycles. The Morgan fingerprint density at radius 2 is 1.72 bits per heavy atom. The van der Waals surface area contributed by atoms with Gasteiger partial charge < -0.3 is 14.2 Å². The van der Waals surface area contributed by atoms with Crippen LogP contribution in [0.15, 0.2) is 71.8 Å². The smallest absolute Gasteiger partial charge is 0.231 e. The van der Waals surface area contributed by atoms with E-state index in [2.05, 4.69) is 11.1 Å². The van der Waals surface area contributed by atoms with E-state index in [0.717, 1.165) is 46.1 Å². The molecule has 2 unspecified atom stereocenters. The molecule has 6 heteroatoms. The standard InChI is InChI=1S/C23H17ClN2O3/c24-16-8-5-14(6-9-16)23-26-19(17-3-1-2-4-20(17)29-23)12-18(25-26)15-7-10-21-22(11-15)28-13-27-21/h1-11,19,23H,12-13H2. The number of nitrogens with zero attached hydrogens (tertiary/aromatic N) is 2. The predicted molar refractivity (Wildman–Crippen MR) is 110 cm³/mol. The van der Waals surface area contributed by atoms with Crippen molar-refractivity contribution in [2.75, 3.05) is 6.79 Å². The first-order valence-corrected chi connectivity index (χ1v) is 9.91. The van der Waals surface area contributed by atoms with Gasteiger partial charge in [-0.2, -0.15) is 5.10 Å². The Bertz CT molecular complexity index is 1130. The summed E-state index contributed by atoms with van der Waals surface area (Å²) in [5.74, 6) is 2.44. The van der Waals surface area contributed by atoms with Crippen molar-refractivity contribution >= 4 is 17.3 Å². The first-order chi connectivity index (χ1) is 14.3. The molecule has 0 spiro atoms. The van der Waals surface area contributed by atoms with Gasteiger partial charge in [-0.1, -0.05) is 41.9 Å². The van der Waals surface area contributed by atoms with Gasteiger partial charge in [-0.15, -0.1) is 0 Å². The van der Waals surface area contributed by atoms with E-state index in [4.69, 9.17) is 30.9 Å². The van der Waals surface area contributed by atoms with Gasteiger partial charge >= 0.3 is 0 Å². The van der Waals surface area contributed by atoms with Crippen molar-refractivity contribution < 1.29 is 14.2 Å². The van der Waals surface area contributed by atoms with E-state index in [1.165, 1.54) is 0 Å². The highest BCUT2D eigenvalue weighted by atomic mass is 35.5. The molecule has 3 aromatic carbocycles. The number of ether oxygens (including phenoxy) is 3. The minimum absolute atomic E-state index is 0.112. The van der Waals surface area contributed by atoms with Gasteiger partial charge in [-0.05, 0) is 36.4 Å². The van der Waals surface area contributed by atoms with Crippen LogP contribution in [0.25, 0.3) is 0 Å². The summed E-state index contributed by atoms with van der Waals surface area (Å²) in [5.41, 5.74) is 4.21. The summed E-state index contributed by atoms with van der Waals surface area (Å²) in [6.45, 7) is 0.264. The first kappa shape index (κ1) is 16.7. The number of rotatable bonds is 2. The Hall–Kier alpha value is -3.18. The lowest BCUT2D eigenvalue weighted by Gasteiger charge is -2.38. The monoisotopic (exact) mass is 404 g/mol. The molecule has 5 nitrogen and oxygen atoms in total. The summed E-state index contributed by atoms with van der Waals surface area (Å²) < 4.78 is 17.3. The number of halogens is 1. The van der Waals surface area contributed by atoms with Crippen LogP contribution < -0.4 is 14.2 Å². The van der Waals surface area contributed by atoms with Crippen LogP contribution in [0.1, 0.15) is 35.4 Å². The molecule has 144 valence electrons. The second-order valence-electron chi connectivity index (χ2n) is 7.27. The number of hydrazone groups is 1. The van der Waals surface area contributed by atoms with Gasteiger partial charge in [0.25, 0.3) is 0 Å². The van der Waals surface area contributed by atoms with E-state index in [9.17, 15) is 0 Å². The summed E-state index contributed by atoms with van der Waals surface area (Å²) in [6.07, 6.45) is 0.489. The summed E-state index contributed by atoms with van der Waals surface area (Å²) in [7, 11) is 0. The summed E-state index contributed by atoms with van der Waals surface area (Å²) in [4.78, 5) is 0. The zero-order chi connectivity index (χ0) is 19.4. The van der Waals surface area contributed by atoms with Crippen molar-refractivity contribution in [2.24, 2.45) is 5.10 Å². The van der Waals surface area contributed by atoms with Crippen LogP contribution in [-0.2, 0) is 0 Å². The van der Waals surface area contributed by atoms with Gasteiger partial charge in [-0.25, -0.2) is 5.01 Å². The molecule has 0 N–H and O–H groups in total. The van der Waals surface area contributed by atoms with Crippen LogP contribution in [0, 0.1) is 0 Å². The van der Waals surface area contributed by atoms with Crippen LogP contribution >= 0.6 is 11.6 Å². The Morgan fingerprint density at radius 1 is 0.897 bits per heavy atom. The summed E-state index contributed by atoms with van der Waals surface area (Å²) in [5, 5.41) is 7.74. The van der Waals surface area contributed by atoms with Gasteiger partial charge in [0.05, 0.1) is 11.8 Å². The molecule has 2 atom stereocenters. The summed E-state index contributed by atoms with van der Waals surface area (Å²) in [6, 6.07) is 22.0. The first-order valence-electron chi connectivity index (χ1n) is 9.53. The Kier molecular flexibility index (Phi) is 3.71. The molecule has 0 saturated heterocycles. The summed E-state index contributed by atoms with van der Waals surface area (Å²) >= 11 is 6.09. The molecule has 3 aliphatic rings. The van der Waals surface area contributed by atoms with Gasteiger partial charge in [0, 0.05) is 28.1 Å². The van der Waals surface area contributed by atoms with E-state index < -0.39 is 0 Å². The van der Waals surface area contributed by atoms with Crippen molar-refractivity contribution in [3.05, 3.63) is 88.4 Å². The quantitative estimate of drug-likeness (QED) is 0.580. The average molecular weight is 405 g/mol. The van der Waals surface area contributed by atoms with Crippen molar-refractivity contribution in [2.45, 2.75) is 18.7 Å². The minimum Gasteiger partial charge on any atom is -0.464 e. The molecule has 3 aliphatic heterocycles. The Balaban J connectivity index is 1.42. The van der Waals surface area contributed by atoms with Crippen LogP contribution in [0.5, 0.6) is 17.2 Å². The third-order valence-corrected chi connectivity index (χ3v) is 5.81. The second-order valence-corrected chi connectivity index (χ2v) is 7.71. The maximum absolute atomic E-state index is 6.36. The molecular formula is C23H17ClN2O3. The molecule has 29 heavy (non-hydrogen) atoms. The van der Waals surface area contributed by atoms with Crippen LogP contribution in [0.2, 0.25) is 5.02 Å². The number of benzene rings is 3. The minimum atomic E-state index is -0.307. The van der Waals surface area contributed by atoms with E-state index in [-0.39, 0.29) is 19.1 Å². The second kappa shape index (κ2) is 6.42. The van der Waals surface area contributed by atoms with Crippen molar-refractivity contribution in [1.82, 2.24) is 5.01 Å². The highest BCUT2D eigenvalue weighted by molar-refractivity contribution is 6.30. The van der Waals surface area contributed by atoms with Gasteiger partial charge in [0.15, 0.2) is 11.5 Å². The van der Waals surface area contributed by atoms with Crippen LogP contribution in [0.4, 0.5) is 0 Å². The fourth-order valence-corrected chi connectivity index (χ4v) is 4.26. The third-order valence-electron chi connectivity index (χ3n) is 5.56. The molecule has 0 amide bonds. The average Bonchev–Trinajstić information content (AvgIpc) is 3.40. The van der Waals surface area contributed by atoms with Gasteiger partial charge in [0.1, 0.15) is 5.75 Å².